The fraction of sp³-hybridized carbons (Fsp3) is 0.444. The number of amides is 1. The summed E-state index contributed by atoms with van der Waals surface area (Å²) in [7, 11) is 0. The van der Waals surface area contributed by atoms with E-state index in [2.05, 4.69) is 10.4 Å². The van der Waals surface area contributed by atoms with Crippen molar-refractivity contribution in [1.82, 2.24) is 15.1 Å². The summed E-state index contributed by atoms with van der Waals surface area (Å²) in [6.07, 6.45) is 3.62. The molecule has 1 fully saturated rings. The third-order valence-corrected chi connectivity index (χ3v) is 4.06. The lowest BCUT2D eigenvalue weighted by atomic mass is 10.1. The van der Waals surface area contributed by atoms with Crippen molar-refractivity contribution in [3.05, 3.63) is 40.3 Å². The van der Waals surface area contributed by atoms with Crippen LogP contribution in [-0.4, -0.2) is 34.3 Å². The molecule has 1 N–H and O–H groups in total. The number of hydrogen-bond acceptors (Lipinski definition) is 5. The van der Waals surface area contributed by atoms with Gasteiger partial charge in [0.25, 0.3) is 11.5 Å². The summed E-state index contributed by atoms with van der Waals surface area (Å²) in [4.78, 5) is 36.6. The summed E-state index contributed by atoms with van der Waals surface area (Å²) in [5.74, 6) is -1.02. The van der Waals surface area contributed by atoms with Gasteiger partial charge in [0, 0.05) is 18.0 Å². The minimum Gasteiger partial charge on any atom is -0.451 e. The van der Waals surface area contributed by atoms with E-state index >= 15 is 0 Å². The average molecular weight is 343 g/mol. The Labute approximate surface area is 145 Å². The van der Waals surface area contributed by atoms with Gasteiger partial charge in [0.1, 0.15) is 0 Å². The first-order valence-corrected chi connectivity index (χ1v) is 8.56. The normalized spacial score (nSPS) is 13.6. The lowest BCUT2D eigenvalue weighted by molar-refractivity contribution is -0.124. The molecule has 1 amide bonds. The van der Waals surface area contributed by atoms with Crippen molar-refractivity contribution in [1.29, 1.82) is 0 Å². The van der Waals surface area contributed by atoms with Crippen LogP contribution in [-0.2, 0) is 16.1 Å². The number of benzene rings is 1. The average Bonchev–Trinajstić information content (AvgIpc) is 3.43. The Hall–Kier alpha value is -2.70. The first-order valence-electron chi connectivity index (χ1n) is 8.56. The van der Waals surface area contributed by atoms with Gasteiger partial charge in [-0.3, -0.25) is 9.59 Å². The fourth-order valence-corrected chi connectivity index (χ4v) is 2.54. The van der Waals surface area contributed by atoms with Crippen molar-refractivity contribution in [2.45, 2.75) is 45.2 Å². The molecule has 1 saturated carbocycles. The summed E-state index contributed by atoms with van der Waals surface area (Å²) >= 11 is 0. The van der Waals surface area contributed by atoms with Crippen LogP contribution in [0.1, 0.15) is 43.1 Å². The molecular weight excluding hydrogens is 322 g/mol. The third kappa shape index (κ3) is 4.04. The molecule has 0 radical (unpaired) electrons. The van der Waals surface area contributed by atoms with Gasteiger partial charge in [0.05, 0.1) is 5.39 Å². The first kappa shape index (κ1) is 17.1. The second-order valence-electron chi connectivity index (χ2n) is 6.19. The molecule has 2 aromatic rings. The van der Waals surface area contributed by atoms with Gasteiger partial charge in [-0.05, 0) is 25.3 Å². The van der Waals surface area contributed by atoms with E-state index < -0.39 is 5.97 Å². The number of unbranched alkanes of at least 4 members (excludes halogenated alkanes) is 1. The predicted octanol–water partition coefficient (Wildman–Crippen LogP) is 1.63. The molecule has 132 valence electrons. The second-order valence-corrected chi connectivity index (χ2v) is 6.19. The van der Waals surface area contributed by atoms with Crippen LogP contribution < -0.4 is 10.9 Å². The SMILES string of the molecule is CCCCn1nc(C(=O)OCC(=O)NC2CC2)c2ccccc2c1=O. The summed E-state index contributed by atoms with van der Waals surface area (Å²) in [5.41, 5.74) is -0.169. The number of carbonyl (C=O) groups excluding carboxylic acids is 2. The van der Waals surface area contributed by atoms with Crippen LogP contribution >= 0.6 is 0 Å². The van der Waals surface area contributed by atoms with Crippen molar-refractivity contribution in [2.24, 2.45) is 0 Å². The highest BCUT2D eigenvalue weighted by atomic mass is 16.5. The zero-order valence-corrected chi connectivity index (χ0v) is 14.2. The number of fused-ring (bicyclic) bond motifs is 1. The highest BCUT2D eigenvalue weighted by molar-refractivity contribution is 6.02. The van der Waals surface area contributed by atoms with Crippen LogP contribution in [0.15, 0.2) is 29.1 Å². The molecular formula is C18H21N3O4. The molecule has 0 atom stereocenters. The van der Waals surface area contributed by atoms with E-state index in [1.165, 1.54) is 4.68 Å². The topological polar surface area (TPSA) is 90.3 Å². The largest absolute Gasteiger partial charge is 0.451 e. The number of aryl methyl sites for hydroxylation is 1. The molecule has 0 bridgehead atoms. The van der Waals surface area contributed by atoms with Gasteiger partial charge < -0.3 is 10.1 Å². The maximum absolute atomic E-state index is 12.5. The number of nitrogens with one attached hydrogen (secondary N) is 1. The van der Waals surface area contributed by atoms with Crippen molar-refractivity contribution >= 4 is 22.6 Å². The Morgan fingerprint density at radius 1 is 1.28 bits per heavy atom. The van der Waals surface area contributed by atoms with Crippen molar-refractivity contribution in [3.8, 4) is 0 Å². The third-order valence-electron chi connectivity index (χ3n) is 4.06. The lowest BCUT2D eigenvalue weighted by Gasteiger charge is -2.10. The molecule has 0 aliphatic heterocycles. The lowest BCUT2D eigenvalue weighted by Crippen LogP contribution is -2.31. The van der Waals surface area contributed by atoms with Crippen LogP contribution in [0.2, 0.25) is 0 Å². The number of ether oxygens (including phenoxy) is 1. The number of esters is 1. The van der Waals surface area contributed by atoms with Crippen LogP contribution in [0.3, 0.4) is 0 Å². The number of nitrogens with zero attached hydrogens (tertiary/aromatic N) is 2. The molecule has 1 aliphatic carbocycles. The van der Waals surface area contributed by atoms with Crippen LogP contribution in [0, 0.1) is 0 Å². The van der Waals surface area contributed by atoms with Gasteiger partial charge in [-0.25, -0.2) is 9.48 Å². The van der Waals surface area contributed by atoms with Gasteiger partial charge >= 0.3 is 5.97 Å². The summed E-state index contributed by atoms with van der Waals surface area (Å²) in [6.45, 7) is 2.10. The standard InChI is InChI=1S/C18H21N3O4/c1-2-3-10-21-17(23)14-7-5-4-6-13(14)16(20-21)18(24)25-11-15(22)19-12-8-9-12/h4-7,12H,2-3,8-11H2,1H3,(H,19,22). The van der Waals surface area contributed by atoms with Crippen LogP contribution in [0.4, 0.5) is 0 Å². The van der Waals surface area contributed by atoms with Gasteiger partial charge in [0.2, 0.25) is 0 Å². The van der Waals surface area contributed by atoms with E-state index in [1.54, 1.807) is 24.3 Å². The molecule has 25 heavy (non-hydrogen) atoms. The zero-order valence-electron chi connectivity index (χ0n) is 14.2. The Balaban J connectivity index is 1.85. The number of hydrogen-bond donors (Lipinski definition) is 1. The molecule has 1 aromatic carbocycles. The van der Waals surface area contributed by atoms with Gasteiger partial charge in [-0.1, -0.05) is 31.5 Å². The van der Waals surface area contributed by atoms with Gasteiger partial charge in [-0.2, -0.15) is 5.10 Å². The number of carbonyl (C=O) groups is 2. The maximum atomic E-state index is 12.5. The highest BCUT2D eigenvalue weighted by Gasteiger charge is 2.24. The molecule has 7 heteroatoms. The quantitative estimate of drug-likeness (QED) is 0.772. The van der Waals surface area contributed by atoms with E-state index in [4.69, 9.17) is 4.74 Å². The highest BCUT2D eigenvalue weighted by Crippen LogP contribution is 2.18. The fourth-order valence-electron chi connectivity index (χ4n) is 2.54. The maximum Gasteiger partial charge on any atom is 0.359 e. The Morgan fingerprint density at radius 2 is 2.00 bits per heavy atom. The number of aromatic nitrogens is 2. The first-order chi connectivity index (χ1) is 12.1. The minimum atomic E-state index is -0.701. The van der Waals surface area contributed by atoms with Gasteiger partial charge in [0.15, 0.2) is 12.3 Å². The van der Waals surface area contributed by atoms with Crippen LogP contribution in [0.25, 0.3) is 10.8 Å². The van der Waals surface area contributed by atoms with E-state index in [1.807, 2.05) is 6.92 Å². The minimum absolute atomic E-state index is 0.0607. The number of rotatable bonds is 7. The molecule has 1 heterocycles. The Bertz CT molecular complexity index is 855. The summed E-state index contributed by atoms with van der Waals surface area (Å²) in [5, 5.41) is 7.80. The van der Waals surface area contributed by atoms with E-state index in [0.717, 1.165) is 25.7 Å². The molecule has 0 spiro atoms. The predicted molar refractivity (Wildman–Crippen MR) is 92.4 cm³/mol. The molecule has 0 saturated heterocycles. The van der Waals surface area contributed by atoms with Crippen LogP contribution in [0.5, 0.6) is 0 Å². The Kier molecular flexibility index (Phi) is 5.11. The molecule has 3 rings (SSSR count). The van der Waals surface area contributed by atoms with E-state index in [0.29, 0.717) is 17.3 Å². The zero-order chi connectivity index (χ0) is 17.8. The second kappa shape index (κ2) is 7.46. The smallest absolute Gasteiger partial charge is 0.359 e. The molecule has 1 aliphatic rings. The monoisotopic (exact) mass is 343 g/mol. The van der Waals surface area contributed by atoms with Crippen molar-refractivity contribution in [2.75, 3.05) is 6.61 Å². The van der Waals surface area contributed by atoms with Crippen molar-refractivity contribution < 1.29 is 14.3 Å². The molecule has 7 nitrogen and oxygen atoms in total. The molecule has 0 unspecified atom stereocenters. The van der Waals surface area contributed by atoms with Crippen molar-refractivity contribution in [3.63, 3.8) is 0 Å². The molecule has 1 aromatic heterocycles. The summed E-state index contributed by atoms with van der Waals surface area (Å²) in [6, 6.07) is 7.01. The van der Waals surface area contributed by atoms with E-state index in [9.17, 15) is 14.4 Å². The Morgan fingerprint density at radius 3 is 2.68 bits per heavy atom. The summed E-state index contributed by atoms with van der Waals surface area (Å²) < 4.78 is 6.40. The van der Waals surface area contributed by atoms with Gasteiger partial charge in [-0.15, -0.1) is 0 Å². The van der Waals surface area contributed by atoms with E-state index in [-0.39, 0.29) is 29.8 Å².